The van der Waals surface area contributed by atoms with Crippen molar-refractivity contribution in [1.29, 1.82) is 0 Å². The summed E-state index contributed by atoms with van der Waals surface area (Å²) in [5, 5.41) is 13.6. The molecule has 19 heavy (non-hydrogen) atoms. The molecular weight excluding hydrogens is 264 g/mol. The second-order valence-electron chi connectivity index (χ2n) is 5.15. The van der Waals surface area contributed by atoms with Crippen LogP contribution in [0.15, 0.2) is 17.5 Å². The van der Waals surface area contributed by atoms with E-state index >= 15 is 0 Å². The van der Waals surface area contributed by atoms with Gasteiger partial charge in [-0.1, -0.05) is 6.07 Å². The van der Waals surface area contributed by atoms with Crippen LogP contribution in [0.4, 0.5) is 4.79 Å². The summed E-state index contributed by atoms with van der Waals surface area (Å²) in [6.45, 7) is 5.20. The van der Waals surface area contributed by atoms with E-state index in [0.717, 1.165) is 4.88 Å². The van der Waals surface area contributed by atoms with E-state index in [2.05, 4.69) is 5.32 Å². The molecule has 2 N–H and O–H groups in total. The van der Waals surface area contributed by atoms with Crippen LogP contribution in [-0.4, -0.2) is 35.6 Å². The summed E-state index contributed by atoms with van der Waals surface area (Å²) in [4.78, 5) is 25.6. The van der Waals surface area contributed by atoms with Gasteiger partial charge >= 0.3 is 12.0 Å². The van der Waals surface area contributed by atoms with Crippen molar-refractivity contribution < 1.29 is 14.7 Å². The van der Waals surface area contributed by atoms with Gasteiger partial charge in [0, 0.05) is 18.5 Å². The van der Waals surface area contributed by atoms with E-state index in [1.165, 1.54) is 0 Å². The number of carbonyl (C=O) groups excluding carboxylic acids is 1. The predicted octanol–water partition coefficient (Wildman–Crippen LogP) is 2.56. The normalized spacial score (nSPS) is 12.8. The molecule has 0 saturated heterocycles. The lowest BCUT2D eigenvalue weighted by molar-refractivity contribution is -0.146. The number of thiophene rings is 1. The molecule has 0 radical (unpaired) electrons. The molecule has 0 bridgehead atoms. The third-order valence-electron chi connectivity index (χ3n) is 3.12. The number of nitrogens with one attached hydrogen (secondary N) is 1. The lowest BCUT2D eigenvalue weighted by atomic mass is 9.94. The monoisotopic (exact) mass is 284 g/mol. The first-order valence-electron chi connectivity index (χ1n) is 6.03. The Balaban J connectivity index is 2.56. The number of amides is 2. The Kier molecular flexibility index (Phi) is 4.94. The molecule has 0 aliphatic rings. The van der Waals surface area contributed by atoms with Crippen molar-refractivity contribution in [2.75, 3.05) is 13.6 Å². The van der Waals surface area contributed by atoms with Gasteiger partial charge in [-0.25, -0.2) is 4.79 Å². The number of carboxylic acid groups (broad SMARTS) is 1. The topological polar surface area (TPSA) is 69.6 Å². The van der Waals surface area contributed by atoms with Crippen molar-refractivity contribution in [2.24, 2.45) is 5.41 Å². The van der Waals surface area contributed by atoms with Gasteiger partial charge in [0.2, 0.25) is 0 Å². The molecule has 2 amide bonds. The molecule has 0 aliphatic heterocycles. The zero-order valence-corrected chi connectivity index (χ0v) is 12.5. The van der Waals surface area contributed by atoms with Crippen molar-refractivity contribution in [2.45, 2.75) is 26.8 Å². The first kappa shape index (κ1) is 15.5. The second kappa shape index (κ2) is 6.06. The molecule has 0 aromatic carbocycles. The molecule has 6 heteroatoms. The Hall–Kier alpha value is -1.56. The number of carboxylic acids is 1. The molecule has 1 aromatic rings. The molecule has 1 unspecified atom stereocenters. The van der Waals surface area contributed by atoms with Crippen molar-refractivity contribution in [3.63, 3.8) is 0 Å². The Morgan fingerprint density at radius 3 is 2.63 bits per heavy atom. The maximum absolute atomic E-state index is 12.0. The van der Waals surface area contributed by atoms with Crippen molar-refractivity contribution in [3.05, 3.63) is 22.4 Å². The molecule has 106 valence electrons. The molecule has 0 spiro atoms. The fourth-order valence-electron chi connectivity index (χ4n) is 1.39. The Morgan fingerprint density at radius 2 is 2.16 bits per heavy atom. The highest BCUT2D eigenvalue weighted by molar-refractivity contribution is 7.10. The van der Waals surface area contributed by atoms with Crippen LogP contribution in [-0.2, 0) is 4.79 Å². The molecule has 1 rings (SSSR count). The largest absolute Gasteiger partial charge is 0.481 e. The number of hydrogen-bond donors (Lipinski definition) is 2. The van der Waals surface area contributed by atoms with E-state index in [0.29, 0.717) is 0 Å². The highest BCUT2D eigenvalue weighted by Gasteiger charge is 2.28. The third-order valence-corrected chi connectivity index (χ3v) is 4.16. The van der Waals surface area contributed by atoms with Gasteiger partial charge in [0.05, 0.1) is 11.5 Å². The van der Waals surface area contributed by atoms with Crippen molar-refractivity contribution >= 4 is 23.3 Å². The summed E-state index contributed by atoms with van der Waals surface area (Å²) in [7, 11) is 1.70. The van der Waals surface area contributed by atoms with E-state index in [9.17, 15) is 9.59 Å². The van der Waals surface area contributed by atoms with Gasteiger partial charge in [0.1, 0.15) is 0 Å². The van der Waals surface area contributed by atoms with E-state index in [4.69, 9.17) is 5.11 Å². The van der Waals surface area contributed by atoms with Crippen LogP contribution < -0.4 is 5.32 Å². The Bertz CT molecular complexity index is 443. The fraction of sp³-hybridized carbons (Fsp3) is 0.538. The van der Waals surface area contributed by atoms with Gasteiger partial charge in [-0.3, -0.25) is 4.79 Å². The first-order chi connectivity index (χ1) is 8.75. The number of nitrogens with zero attached hydrogens (tertiary/aromatic N) is 1. The predicted molar refractivity (Wildman–Crippen MR) is 75.3 cm³/mol. The van der Waals surface area contributed by atoms with Gasteiger partial charge in [0.15, 0.2) is 0 Å². The first-order valence-corrected chi connectivity index (χ1v) is 6.91. The van der Waals surface area contributed by atoms with Gasteiger partial charge in [0.25, 0.3) is 0 Å². The number of aliphatic carboxylic acids is 1. The number of hydrogen-bond acceptors (Lipinski definition) is 3. The minimum Gasteiger partial charge on any atom is -0.481 e. The lowest BCUT2D eigenvalue weighted by Crippen LogP contribution is -2.44. The quantitative estimate of drug-likeness (QED) is 0.873. The maximum Gasteiger partial charge on any atom is 0.317 e. The average molecular weight is 284 g/mol. The summed E-state index contributed by atoms with van der Waals surface area (Å²) < 4.78 is 0. The van der Waals surface area contributed by atoms with Crippen LogP contribution in [0.5, 0.6) is 0 Å². The van der Waals surface area contributed by atoms with Crippen LogP contribution >= 0.6 is 11.3 Å². The smallest absolute Gasteiger partial charge is 0.317 e. The number of carbonyl (C=O) groups is 2. The molecule has 1 heterocycles. The minimum atomic E-state index is -0.970. The van der Waals surface area contributed by atoms with Crippen LogP contribution in [0.3, 0.4) is 0 Å². The molecule has 0 saturated carbocycles. The highest BCUT2D eigenvalue weighted by atomic mass is 32.1. The molecular formula is C13H20N2O3S. The number of urea groups is 1. The third kappa shape index (κ3) is 3.96. The Morgan fingerprint density at radius 1 is 1.53 bits per heavy atom. The Labute approximate surface area is 117 Å². The minimum absolute atomic E-state index is 0.0343. The van der Waals surface area contributed by atoms with Crippen LogP contribution in [0, 0.1) is 5.41 Å². The van der Waals surface area contributed by atoms with E-state index in [-0.39, 0.29) is 18.6 Å². The van der Waals surface area contributed by atoms with Gasteiger partial charge in [-0.2, -0.15) is 0 Å². The molecule has 0 fully saturated rings. The molecule has 1 atom stereocenters. The summed E-state index contributed by atoms with van der Waals surface area (Å²) >= 11 is 1.59. The van der Waals surface area contributed by atoms with Crippen molar-refractivity contribution in [1.82, 2.24) is 10.2 Å². The standard InChI is InChI=1S/C13H20N2O3S/c1-9(10-6-5-7-19-10)15(4)12(18)14-8-13(2,3)11(16)17/h5-7,9H,8H2,1-4H3,(H,14,18)(H,16,17). The fourth-order valence-corrected chi connectivity index (χ4v) is 2.22. The molecule has 5 nitrogen and oxygen atoms in total. The van der Waals surface area contributed by atoms with Crippen LogP contribution in [0.25, 0.3) is 0 Å². The highest BCUT2D eigenvalue weighted by Crippen LogP contribution is 2.23. The zero-order valence-electron chi connectivity index (χ0n) is 11.6. The number of rotatable bonds is 5. The summed E-state index contributed by atoms with van der Waals surface area (Å²) in [5.41, 5.74) is -0.970. The van der Waals surface area contributed by atoms with E-state index in [1.807, 2.05) is 24.4 Å². The van der Waals surface area contributed by atoms with E-state index in [1.54, 1.807) is 37.1 Å². The summed E-state index contributed by atoms with van der Waals surface area (Å²) in [6, 6.07) is 3.61. The molecule has 1 aromatic heterocycles. The van der Waals surface area contributed by atoms with Crippen molar-refractivity contribution in [3.8, 4) is 0 Å². The van der Waals surface area contributed by atoms with Gasteiger partial charge in [-0.15, -0.1) is 11.3 Å². The zero-order chi connectivity index (χ0) is 14.6. The van der Waals surface area contributed by atoms with Gasteiger partial charge in [-0.05, 0) is 32.2 Å². The van der Waals surface area contributed by atoms with Crippen LogP contribution in [0.1, 0.15) is 31.7 Å². The summed E-state index contributed by atoms with van der Waals surface area (Å²) in [5.74, 6) is -0.929. The second-order valence-corrected chi connectivity index (χ2v) is 6.13. The maximum atomic E-state index is 12.0. The average Bonchev–Trinajstić information content (AvgIpc) is 2.87. The lowest BCUT2D eigenvalue weighted by Gasteiger charge is -2.27. The molecule has 0 aliphatic carbocycles. The van der Waals surface area contributed by atoms with Gasteiger partial charge < -0.3 is 15.3 Å². The SMILES string of the molecule is CC(c1cccs1)N(C)C(=O)NCC(C)(C)C(=O)O. The van der Waals surface area contributed by atoms with Crippen LogP contribution in [0.2, 0.25) is 0 Å². The van der Waals surface area contributed by atoms with E-state index < -0.39 is 11.4 Å². The summed E-state index contributed by atoms with van der Waals surface area (Å²) in [6.07, 6.45) is 0.